The number of para-hydroxylation sites is 1. The maximum absolute atomic E-state index is 12.7. The van der Waals surface area contributed by atoms with Crippen molar-refractivity contribution in [1.29, 1.82) is 0 Å². The van der Waals surface area contributed by atoms with E-state index in [2.05, 4.69) is 13.8 Å². The van der Waals surface area contributed by atoms with Crippen molar-refractivity contribution in [3.63, 3.8) is 0 Å². The number of halogens is 1. The van der Waals surface area contributed by atoms with Gasteiger partial charge >= 0.3 is 5.97 Å². The number of amides is 1. The first-order valence-corrected chi connectivity index (χ1v) is 9.66. The number of esters is 1. The largest absolute Gasteiger partial charge is 0.426 e. The van der Waals surface area contributed by atoms with Gasteiger partial charge in [-0.05, 0) is 48.6 Å². The first kappa shape index (κ1) is 19.4. The van der Waals surface area contributed by atoms with Crippen LogP contribution in [-0.4, -0.2) is 18.4 Å². The van der Waals surface area contributed by atoms with Gasteiger partial charge in [-0.25, -0.2) is 0 Å². The summed E-state index contributed by atoms with van der Waals surface area (Å²) in [5.41, 5.74) is 2.60. The Balaban J connectivity index is 1.76. The van der Waals surface area contributed by atoms with Gasteiger partial charge in [0.25, 0.3) is 0 Å². The average molecular weight is 386 g/mol. The second kappa shape index (κ2) is 8.13. The van der Waals surface area contributed by atoms with Gasteiger partial charge in [0, 0.05) is 23.7 Å². The predicted octanol–water partition coefficient (Wildman–Crippen LogP) is 5.12. The molecule has 0 N–H and O–H groups in total. The molecule has 27 heavy (non-hydrogen) atoms. The number of benzene rings is 2. The van der Waals surface area contributed by atoms with E-state index in [1.54, 1.807) is 11.0 Å². The predicted molar refractivity (Wildman–Crippen MR) is 107 cm³/mol. The lowest BCUT2D eigenvalue weighted by Gasteiger charge is -2.20. The maximum atomic E-state index is 12.7. The molecular formula is C22H24ClNO3. The molecule has 0 spiro atoms. The lowest BCUT2D eigenvalue weighted by atomic mass is 9.98. The van der Waals surface area contributed by atoms with E-state index < -0.39 is 5.92 Å². The smallest absolute Gasteiger partial charge is 0.316 e. The van der Waals surface area contributed by atoms with Crippen molar-refractivity contribution in [2.24, 2.45) is 5.92 Å². The zero-order valence-corrected chi connectivity index (χ0v) is 16.6. The molecule has 0 saturated carbocycles. The number of carbonyl (C=O) groups is 2. The standard InChI is InChI=1S/C22H24ClNO3/c1-4-14(2)17-8-5-6-11-20(17)27-22(26)16-12-21(25)24(13-16)19-10-7-9-18(23)15(19)3/h5-11,14,16H,4,12-13H2,1-3H3/t14-,16-/m0/s1. The lowest BCUT2D eigenvalue weighted by molar-refractivity contribution is -0.139. The lowest BCUT2D eigenvalue weighted by Crippen LogP contribution is -2.28. The Hall–Kier alpha value is -2.33. The van der Waals surface area contributed by atoms with Crippen LogP contribution in [0.15, 0.2) is 42.5 Å². The summed E-state index contributed by atoms with van der Waals surface area (Å²) in [6, 6.07) is 13.1. The Morgan fingerprint density at radius 2 is 2.00 bits per heavy atom. The fraction of sp³-hybridized carbons (Fsp3) is 0.364. The van der Waals surface area contributed by atoms with Crippen LogP contribution in [0, 0.1) is 12.8 Å². The number of nitrogens with zero attached hydrogens (tertiary/aromatic N) is 1. The summed E-state index contributed by atoms with van der Waals surface area (Å²) in [6.07, 6.45) is 1.11. The average Bonchev–Trinajstić information content (AvgIpc) is 3.05. The highest BCUT2D eigenvalue weighted by molar-refractivity contribution is 6.31. The molecule has 4 nitrogen and oxygen atoms in total. The molecule has 0 bridgehead atoms. The van der Waals surface area contributed by atoms with Crippen LogP contribution in [0.3, 0.4) is 0 Å². The van der Waals surface area contributed by atoms with E-state index in [0.717, 1.165) is 23.2 Å². The number of carbonyl (C=O) groups excluding carboxylic acids is 2. The zero-order valence-electron chi connectivity index (χ0n) is 15.9. The molecule has 0 aliphatic carbocycles. The molecule has 1 saturated heterocycles. The van der Waals surface area contributed by atoms with Gasteiger partial charge in [-0.1, -0.05) is 49.7 Å². The summed E-state index contributed by atoms with van der Waals surface area (Å²) in [6.45, 7) is 6.39. The third kappa shape index (κ3) is 4.01. The first-order valence-electron chi connectivity index (χ1n) is 9.28. The van der Waals surface area contributed by atoms with Gasteiger partial charge in [-0.3, -0.25) is 9.59 Å². The normalized spacial score (nSPS) is 17.9. The van der Waals surface area contributed by atoms with Crippen molar-refractivity contribution in [1.82, 2.24) is 0 Å². The van der Waals surface area contributed by atoms with Gasteiger partial charge < -0.3 is 9.64 Å². The van der Waals surface area contributed by atoms with E-state index in [1.165, 1.54) is 0 Å². The molecule has 1 heterocycles. The molecule has 2 aromatic carbocycles. The van der Waals surface area contributed by atoms with Crippen LogP contribution >= 0.6 is 11.6 Å². The molecule has 1 aliphatic heterocycles. The van der Waals surface area contributed by atoms with Crippen molar-refractivity contribution < 1.29 is 14.3 Å². The second-order valence-corrected chi connectivity index (χ2v) is 7.46. The number of anilines is 1. The van der Waals surface area contributed by atoms with Gasteiger partial charge in [0.15, 0.2) is 0 Å². The van der Waals surface area contributed by atoms with Crippen molar-refractivity contribution in [3.05, 3.63) is 58.6 Å². The summed E-state index contributed by atoms with van der Waals surface area (Å²) in [5.74, 6) is -0.0498. The van der Waals surface area contributed by atoms with E-state index >= 15 is 0 Å². The highest BCUT2D eigenvalue weighted by Crippen LogP contribution is 2.33. The highest BCUT2D eigenvalue weighted by atomic mass is 35.5. The quantitative estimate of drug-likeness (QED) is 0.530. The third-order valence-corrected chi connectivity index (χ3v) is 5.67. The van der Waals surface area contributed by atoms with Crippen LogP contribution in [-0.2, 0) is 9.59 Å². The Kier molecular flexibility index (Phi) is 5.85. The molecule has 2 aromatic rings. The molecule has 3 rings (SSSR count). The van der Waals surface area contributed by atoms with Crippen LogP contribution in [0.5, 0.6) is 5.75 Å². The number of rotatable bonds is 5. The highest BCUT2D eigenvalue weighted by Gasteiger charge is 2.37. The maximum Gasteiger partial charge on any atom is 0.316 e. The SMILES string of the molecule is CC[C@H](C)c1ccccc1OC(=O)[C@H]1CC(=O)N(c2cccc(Cl)c2C)C1. The molecule has 1 aliphatic rings. The molecule has 2 atom stereocenters. The number of hydrogen-bond donors (Lipinski definition) is 0. The van der Waals surface area contributed by atoms with E-state index in [9.17, 15) is 9.59 Å². The topological polar surface area (TPSA) is 46.6 Å². The molecule has 142 valence electrons. The number of ether oxygens (including phenoxy) is 1. The van der Waals surface area contributed by atoms with E-state index in [-0.39, 0.29) is 18.3 Å². The minimum absolute atomic E-state index is 0.0856. The molecule has 0 unspecified atom stereocenters. The van der Waals surface area contributed by atoms with E-state index in [0.29, 0.717) is 23.2 Å². The Labute approximate surface area is 165 Å². The van der Waals surface area contributed by atoms with Crippen LogP contribution < -0.4 is 9.64 Å². The fourth-order valence-corrected chi connectivity index (χ4v) is 3.55. The fourth-order valence-electron chi connectivity index (χ4n) is 3.38. The van der Waals surface area contributed by atoms with Gasteiger partial charge in [-0.2, -0.15) is 0 Å². The van der Waals surface area contributed by atoms with E-state index in [1.807, 2.05) is 43.3 Å². The molecule has 1 fully saturated rings. The molecular weight excluding hydrogens is 362 g/mol. The van der Waals surface area contributed by atoms with Crippen LogP contribution in [0.4, 0.5) is 5.69 Å². The third-order valence-electron chi connectivity index (χ3n) is 5.26. The van der Waals surface area contributed by atoms with Gasteiger partial charge in [0.05, 0.1) is 5.92 Å². The van der Waals surface area contributed by atoms with Gasteiger partial charge in [0.1, 0.15) is 5.75 Å². The minimum atomic E-state index is -0.485. The summed E-state index contributed by atoms with van der Waals surface area (Å²) in [7, 11) is 0. The zero-order chi connectivity index (χ0) is 19.6. The Bertz CT molecular complexity index is 864. The first-order chi connectivity index (χ1) is 12.9. The van der Waals surface area contributed by atoms with Crippen LogP contribution in [0.25, 0.3) is 0 Å². The summed E-state index contributed by atoms with van der Waals surface area (Å²) < 4.78 is 5.70. The minimum Gasteiger partial charge on any atom is -0.426 e. The van der Waals surface area contributed by atoms with E-state index in [4.69, 9.17) is 16.3 Å². The Morgan fingerprint density at radius 3 is 2.74 bits per heavy atom. The Morgan fingerprint density at radius 1 is 1.26 bits per heavy atom. The second-order valence-electron chi connectivity index (χ2n) is 7.06. The molecule has 5 heteroatoms. The molecule has 1 amide bonds. The van der Waals surface area contributed by atoms with Crippen LogP contribution in [0.2, 0.25) is 5.02 Å². The van der Waals surface area contributed by atoms with Crippen molar-refractivity contribution >= 4 is 29.2 Å². The van der Waals surface area contributed by atoms with Crippen LogP contribution in [0.1, 0.15) is 43.7 Å². The monoisotopic (exact) mass is 385 g/mol. The van der Waals surface area contributed by atoms with Gasteiger partial charge in [-0.15, -0.1) is 0 Å². The molecule has 0 aromatic heterocycles. The van der Waals surface area contributed by atoms with Crippen molar-refractivity contribution in [3.8, 4) is 5.75 Å². The van der Waals surface area contributed by atoms with Crippen molar-refractivity contribution in [2.45, 2.75) is 39.5 Å². The van der Waals surface area contributed by atoms with Gasteiger partial charge in [0.2, 0.25) is 5.91 Å². The summed E-state index contributed by atoms with van der Waals surface area (Å²) in [5, 5.41) is 0.605. The molecule has 0 radical (unpaired) electrons. The van der Waals surface area contributed by atoms with Crippen molar-refractivity contribution in [2.75, 3.05) is 11.4 Å². The summed E-state index contributed by atoms with van der Waals surface area (Å²) in [4.78, 5) is 26.9. The summed E-state index contributed by atoms with van der Waals surface area (Å²) >= 11 is 6.18. The number of hydrogen-bond acceptors (Lipinski definition) is 3.